The van der Waals surface area contributed by atoms with Gasteiger partial charge in [0.15, 0.2) is 5.11 Å². The summed E-state index contributed by atoms with van der Waals surface area (Å²) in [5, 5.41) is 5.83. The van der Waals surface area contributed by atoms with Crippen LogP contribution in [0.3, 0.4) is 0 Å². The third-order valence-corrected chi connectivity index (χ3v) is 4.34. The van der Waals surface area contributed by atoms with Crippen molar-refractivity contribution in [3.05, 3.63) is 78.4 Å². The van der Waals surface area contributed by atoms with Crippen LogP contribution in [0, 0.1) is 0 Å². The summed E-state index contributed by atoms with van der Waals surface area (Å²) in [6, 6.07) is 22.6. The van der Waals surface area contributed by atoms with Crippen molar-refractivity contribution in [2.75, 3.05) is 19.5 Å². The molecular weight excluding hydrogens is 372 g/mol. The van der Waals surface area contributed by atoms with Crippen molar-refractivity contribution in [3.8, 4) is 22.6 Å². The Labute approximate surface area is 169 Å². The van der Waals surface area contributed by atoms with E-state index in [-0.39, 0.29) is 11.0 Å². The number of hydrogen-bond donors (Lipinski definition) is 2. The largest absolute Gasteiger partial charge is 0.497 e. The van der Waals surface area contributed by atoms with Crippen molar-refractivity contribution >= 4 is 28.9 Å². The summed E-state index contributed by atoms with van der Waals surface area (Å²) in [7, 11) is 3.13. The first kappa shape index (κ1) is 19.4. The number of nitrogens with one attached hydrogen (secondary N) is 2. The molecule has 0 unspecified atom stereocenters. The van der Waals surface area contributed by atoms with E-state index in [9.17, 15) is 4.79 Å². The zero-order valence-electron chi connectivity index (χ0n) is 15.6. The van der Waals surface area contributed by atoms with E-state index in [0.29, 0.717) is 22.7 Å². The third kappa shape index (κ3) is 4.66. The predicted octanol–water partition coefficient (Wildman–Crippen LogP) is 4.50. The van der Waals surface area contributed by atoms with Crippen LogP contribution in [-0.4, -0.2) is 25.2 Å². The Morgan fingerprint density at radius 1 is 0.857 bits per heavy atom. The fourth-order valence-corrected chi connectivity index (χ4v) is 2.88. The Balaban J connectivity index is 1.65. The molecule has 0 saturated carbocycles. The number of ether oxygens (including phenoxy) is 2. The second-order valence-corrected chi connectivity index (χ2v) is 6.33. The van der Waals surface area contributed by atoms with Gasteiger partial charge in [0.1, 0.15) is 11.5 Å². The molecule has 3 aromatic rings. The zero-order valence-corrected chi connectivity index (χ0v) is 16.4. The van der Waals surface area contributed by atoms with E-state index in [4.69, 9.17) is 21.7 Å². The summed E-state index contributed by atoms with van der Waals surface area (Å²) in [4.78, 5) is 12.5. The molecule has 0 fully saturated rings. The van der Waals surface area contributed by atoms with Gasteiger partial charge >= 0.3 is 0 Å². The van der Waals surface area contributed by atoms with Gasteiger partial charge in [-0.2, -0.15) is 0 Å². The van der Waals surface area contributed by atoms with Crippen LogP contribution in [0.2, 0.25) is 0 Å². The number of hydrogen-bond acceptors (Lipinski definition) is 4. The fourth-order valence-electron chi connectivity index (χ4n) is 2.68. The Morgan fingerprint density at radius 2 is 1.54 bits per heavy atom. The monoisotopic (exact) mass is 392 g/mol. The van der Waals surface area contributed by atoms with Gasteiger partial charge in [-0.15, -0.1) is 0 Å². The number of anilines is 1. The molecule has 0 aliphatic carbocycles. The van der Waals surface area contributed by atoms with Gasteiger partial charge in [-0.1, -0.05) is 42.5 Å². The number of carbonyl (C=O) groups is 1. The summed E-state index contributed by atoms with van der Waals surface area (Å²) in [5.41, 5.74) is 3.29. The van der Waals surface area contributed by atoms with Gasteiger partial charge in [-0.05, 0) is 47.6 Å². The Bertz CT molecular complexity index is 973. The number of rotatable bonds is 5. The molecule has 0 aliphatic rings. The molecule has 0 bridgehead atoms. The van der Waals surface area contributed by atoms with Crippen molar-refractivity contribution in [1.29, 1.82) is 0 Å². The SMILES string of the molecule is COc1ccc(NC(=S)NC(=O)c2ccc(-c3ccccc3)cc2)c(OC)c1. The molecule has 0 radical (unpaired) electrons. The molecule has 28 heavy (non-hydrogen) atoms. The fraction of sp³-hybridized carbons (Fsp3) is 0.0909. The number of amides is 1. The molecule has 0 aromatic heterocycles. The minimum atomic E-state index is -0.287. The van der Waals surface area contributed by atoms with Crippen LogP contribution in [0.15, 0.2) is 72.8 Å². The molecule has 2 N–H and O–H groups in total. The topological polar surface area (TPSA) is 59.6 Å². The second-order valence-electron chi connectivity index (χ2n) is 5.92. The minimum Gasteiger partial charge on any atom is -0.497 e. The van der Waals surface area contributed by atoms with Crippen LogP contribution >= 0.6 is 12.2 Å². The molecular formula is C22H20N2O3S. The number of thiocarbonyl (C=S) groups is 1. The van der Waals surface area contributed by atoms with Crippen LogP contribution < -0.4 is 20.1 Å². The van der Waals surface area contributed by atoms with E-state index in [2.05, 4.69) is 10.6 Å². The highest BCUT2D eigenvalue weighted by atomic mass is 32.1. The van der Waals surface area contributed by atoms with Crippen molar-refractivity contribution in [2.45, 2.75) is 0 Å². The standard InChI is InChI=1S/C22H20N2O3S/c1-26-18-12-13-19(20(14-18)27-2)23-22(28)24-21(25)17-10-8-16(9-11-17)15-6-4-3-5-7-15/h3-14H,1-2H3,(H2,23,24,25,28). The molecule has 1 amide bonds. The molecule has 0 spiro atoms. The van der Waals surface area contributed by atoms with Crippen molar-refractivity contribution < 1.29 is 14.3 Å². The van der Waals surface area contributed by atoms with Gasteiger partial charge in [0, 0.05) is 11.6 Å². The van der Waals surface area contributed by atoms with Crippen molar-refractivity contribution in [2.24, 2.45) is 0 Å². The third-order valence-electron chi connectivity index (χ3n) is 4.14. The molecule has 3 rings (SSSR count). The minimum absolute atomic E-state index is 0.181. The van der Waals surface area contributed by atoms with E-state index in [1.807, 2.05) is 42.5 Å². The summed E-state index contributed by atoms with van der Waals surface area (Å²) in [6.07, 6.45) is 0. The maximum absolute atomic E-state index is 12.5. The maximum atomic E-state index is 12.5. The first-order valence-electron chi connectivity index (χ1n) is 8.60. The van der Waals surface area contributed by atoms with Gasteiger partial charge in [-0.25, -0.2) is 0 Å². The van der Waals surface area contributed by atoms with E-state index in [1.165, 1.54) is 0 Å². The van der Waals surface area contributed by atoms with Gasteiger partial charge in [0.2, 0.25) is 0 Å². The summed E-state index contributed by atoms with van der Waals surface area (Å²) in [5.74, 6) is 0.934. The second kappa shape index (κ2) is 9.01. The molecule has 0 saturated heterocycles. The number of carbonyl (C=O) groups excluding carboxylic acids is 1. The van der Waals surface area contributed by atoms with Gasteiger partial charge in [0.05, 0.1) is 19.9 Å². The maximum Gasteiger partial charge on any atom is 0.257 e. The molecule has 142 valence electrons. The van der Waals surface area contributed by atoms with Crippen LogP contribution in [0.4, 0.5) is 5.69 Å². The average Bonchev–Trinajstić information content (AvgIpc) is 2.74. The van der Waals surface area contributed by atoms with Gasteiger partial charge < -0.3 is 14.8 Å². The van der Waals surface area contributed by atoms with Crippen molar-refractivity contribution in [1.82, 2.24) is 5.32 Å². The van der Waals surface area contributed by atoms with E-state index in [1.54, 1.807) is 44.6 Å². The summed E-state index contributed by atoms with van der Waals surface area (Å²) in [6.45, 7) is 0. The van der Waals surface area contributed by atoms with Crippen LogP contribution in [0.1, 0.15) is 10.4 Å². The summed E-state index contributed by atoms with van der Waals surface area (Å²) >= 11 is 5.25. The average molecular weight is 392 g/mol. The lowest BCUT2D eigenvalue weighted by molar-refractivity contribution is 0.0977. The van der Waals surface area contributed by atoms with Crippen LogP contribution in [-0.2, 0) is 0 Å². The van der Waals surface area contributed by atoms with Crippen LogP contribution in [0.5, 0.6) is 11.5 Å². The molecule has 3 aromatic carbocycles. The lowest BCUT2D eigenvalue weighted by atomic mass is 10.0. The van der Waals surface area contributed by atoms with Gasteiger partial charge in [0.25, 0.3) is 5.91 Å². The smallest absolute Gasteiger partial charge is 0.257 e. The zero-order chi connectivity index (χ0) is 19.9. The first-order chi connectivity index (χ1) is 13.6. The molecule has 0 aliphatic heterocycles. The number of methoxy groups -OCH3 is 2. The molecule has 5 nitrogen and oxygen atoms in total. The highest BCUT2D eigenvalue weighted by Gasteiger charge is 2.11. The van der Waals surface area contributed by atoms with Crippen molar-refractivity contribution in [3.63, 3.8) is 0 Å². The molecule has 0 atom stereocenters. The van der Waals surface area contributed by atoms with Gasteiger partial charge in [-0.3, -0.25) is 10.1 Å². The quantitative estimate of drug-likeness (QED) is 0.626. The summed E-state index contributed by atoms with van der Waals surface area (Å²) < 4.78 is 10.5. The number of benzene rings is 3. The Kier molecular flexibility index (Phi) is 6.24. The lowest BCUT2D eigenvalue weighted by Crippen LogP contribution is -2.34. The van der Waals surface area contributed by atoms with Crippen LogP contribution in [0.25, 0.3) is 11.1 Å². The Hall–Kier alpha value is -3.38. The van der Waals surface area contributed by atoms with E-state index in [0.717, 1.165) is 11.1 Å². The first-order valence-corrected chi connectivity index (χ1v) is 9.01. The Morgan fingerprint density at radius 3 is 2.18 bits per heavy atom. The highest BCUT2D eigenvalue weighted by molar-refractivity contribution is 7.80. The molecule has 0 heterocycles. The highest BCUT2D eigenvalue weighted by Crippen LogP contribution is 2.29. The molecule has 6 heteroatoms. The normalized spacial score (nSPS) is 10.1. The lowest BCUT2D eigenvalue weighted by Gasteiger charge is -2.14. The van der Waals surface area contributed by atoms with E-state index < -0.39 is 0 Å². The predicted molar refractivity (Wildman–Crippen MR) is 115 cm³/mol. The van der Waals surface area contributed by atoms with E-state index >= 15 is 0 Å².